The van der Waals surface area contributed by atoms with E-state index < -0.39 is 9.84 Å². The molecule has 2 rings (SSSR count). The van der Waals surface area contributed by atoms with Crippen LogP contribution in [0.1, 0.15) is 13.8 Å². The molecule has 0 unspecified atom stereocenters. The minimum Gasteiger partial charge on any atom is -0.381 e. The second-order valence-corrected chi connectivity index (χ2v) is 6.87. The third-order valence-electron chi connectivity index (χ3n) is 2.93. The number of sulfone groups is 1. The zero-order chi connectivity index (χ0) is 14.6. The Morgan fingerprint density at radius 1 is 1.30 bits per heavy atom. The van der Waals surface area contributed by atoms with Crippen LogP contribution in [0.3, 0.4) is 0 Å². The Morgan fingerprint density at radius 2 is 2.00 bits per heavy atom. The number of nitrogens with zero attached hydrogens (tertiary/aromatic N) is 3. The first-order valence-electron chi connectivity index (χ1n) is 6.43. The maximum Gasteiger partial charge on any atom is 0.178 e. The second kappa shape index (κ2) is 6.04. The molecule has 2 aromatic rings. The van der Waals surface area contributed by atoms with Gasteiger partial charge in [0.25, 0.3) is 0 Å². The number of anilines is 1. The molecule has 108 valence electrons. The zero-order valence-electron chi connectivity index (χ0n) is 11.5. The summed E-state index contributed by atoms with van der Waals surface area (Å²) in [5, 5.41) is 7.33. The summed E-state index contributed by atoms with van der Waals surface area (Å²) in [7, 11) is -3.13. The number of benzene rings is 1. The lowest BCUT2D eigenvalue weighted by Gasteiger charge is -2.15. The second-order valence-electron chi connectivity index (χ2n) is 4.59. The molecule has 0 aliphatic rings. The monoisotopic (exact) mass is 294 g/mol. The Morgan fingerprint density at radius 3 is 2.55 bits per heavy atom. The van der Waals surface area contributed by atoms with Gasteiger partial charge in [-0.15, -0.1) is 0 Å². The first kappa shape index (κ1) is 14.5. The van der Waals surface area contributed by atoms with E-state index in [1.54, 1.807) is 42.2 Å². The molecule has 1 aromatic carbocycles. The lowest BCUT2D eigenvalue weighted by molar-refractivity contribution is 0.559. The molecule has 0 fully saturated rings. The maximum atomic E-state index is 11.7. The molecule has 0 saturated heterocycles. The summed E-state index contributed by atoms with van der Waals surface area (Å²) in [5.41, 5.74) is 0.882. The van der Waals surface area contributed by atoms with Crippen molar-refractivity contribution in [3.05, 3.63) is 36.9 Å². The van der Waals surface area contributed by atoms with Crippen molar-refractivity contribution in [2.75, 3.05) is 11.1 Å². The van der Waals surface area contributed by atoms with Crippen LogP contribution in [0.5, 0.6) is 0 Å². The average molecular weight is 294 g/mol. The highest BCUT2D eigenvalue weighted by Crippen LogP contribution is 2.16. The van der Waals surface area contributed by atoms with Crippen molar-refractivity contribution in [3.8, 4) is 0 Å². The summed E-state index contributed by atoms with van der Waals surface area (Å²) in [4.78, 5) is 4.24. The van der Waals surface area contributed by atoms with Crippen LogP contribution in [0.4, 0.5) is 5.69 Å². The van der Waals surface area contributed by atoms with Gasteiger partial charge in [-0.1, -0.05) is 6.92 Å². The maximum absolute atomic E-state index is 11.7. The SMILES string of the molecule is CCS(=O)(=O)c1ccc(N[C@H](C)Cn2cncn2)cc1. The molecular formula is C13H18N4O2S. The van der Waals surface area contributed by atoms with Crippen molar-refractivity contribution in [3.63, 3.8) is 0 Å². The van der Waals surface area contributed by atoms with Gasteiger partial charge in [0.05, 0.1) is 17.2 Å². The van der Waals surface area contributed by atoms with E-state index in [2.05, 4.69) is 15.4 Å². The molecule has 0 saturated carbocycles. The largest absolute Gasteiger partial charge is 0.381 e. The average Bonchev–Trinajstić information content (AvgIpc) is 2.92. The minimum atomic E-state index is -3.13. The zero-order valence-corrected chi connectivity index (χ0v) is 12.3. The molecule has 1 atom stereocenters. The van der Waals surface area contributed by atoms with E-state index in [4.69, 9.17) is 0 Å². The van der Waals surface area contributed by atoms with Crippen molar-refractivity contribution < 1.29 is 8.42 Å². The van der Waals surface area contributed by atoms with E-state index in [0.29, 0.717) is 11.4 Å². The van der Waals surface area contributed by atoms with Gasteiger partial charge in [-0.3, -0.25) is 4.68 Å². The van der Waals surface area contributed by atoms with Gasteiger partial charge in [0.15, 0.2) is 9.84 Å². The van der Waals surface area contributed by atoms with Gasteiger partial charge in [-0.2, -0.15) is 5.10 Å². The van der Waals surface area contributed by atoms with Crippen LogP contribution in [0.25, 0.3) is 0 Å². The Bertz CT molecular complexity index is 636. The fourth-order valence-electron chi connectivity index (χ4n) is 1.86. The van der Waals surface area contributed by atoms with Gasteiger partial charge in [0.2, 0.25) is 0 Å². The van der Waals surface area contributed by atoms with E-state index in [0.717, 1.165) is 5.69 Å². The molecule has 1 heterocycles. The molecule has 0 amide bonds. The van der Waals surface area contributed by atoms with E-state index in [9.17, 15) is 8.42 Å². The van der Waals surface area contributed by atoms with Crippen molar-refractivity contribution in [1.82, 2.24) is 14.8 Å². The predicted octanol–water partition coefficient (Wildman–Crippen LogP) is 1.57. The lowest BCUT2D eigenvalue weighted by Crippen LogP contribution is -2.22. The van der Waals surface area contributed by atoms with Gasteiger partial charge >= 0.3 is 0 Å². The number of hydrogen-bond donors (Lipinski definition) is 1. The lowest BCUT2D eigenvalue weighted by atomic mass is 10.2. The van der Waals surface area contributed by atoms with Crippen LogP contribution in [-0.4, -0.2) is 35.0 Å². The third-order valence-corrected chi connectivity index (χ3v) is 4.68. The van der Waals surface area contributed by atoms with Gasteiger partial charge in [0, 0.05) is 11.7 Å². The smallest absolute Gasteiger partial charge is 0.178 e. The number of rotatable bonds is 6. The van der Waals surface area contributed by atoms with Gasteiger partial charge in [-0.05, 0) is 31.2 Å². The Balaban J connectivity index is 2.00. The molecule has 0 aliphatic heterocycles. The van der Waals surface area contributed by atoms with Crippen molar-refractivity contribution in [1.29, 1.82) is 0 Å². The van der Waals surface area contributed by atoms with E-state index in [1.807, 2.05) is 6.92 Å². The van der Waals surface area contributed by atoms with Crippen molar-refractivity contribution in [2.24, 2.45) is 0 Å². The molecule has 0 bridgehead atoms. The summed E-state index contributed by atoms with van der Waals surface area (Å²) in [6, 6.07) is 6.97. The minimum absolute atomic E-state index is 0.114. The molecule has 0 radical (unpaired) electrons. The topological polar surface area (TPSA) is 76.9 Å². The Hall–Kier alpha value is -1.89. The fraction of sp³-hybridized carbons (Fsp3) is 0.385. The molecule has 6 nitrogen and oxygen atoms in total. The predicted molar refractivity (Wildman–Crippen MR) is 77.3 cm³/mol. The normalized spacial score (nSPS) is 13.1. The van der Waals surface area contributed by atoms with Crippen LogP contribution in [0.15, 0.2) is 41.8 Å². The van der Waals surface area contributed by atoms with Crippen LogP contribution >= 0.6 is 0 Å². The summed E-state index contributed by atoms with van der Waals surface area (Å²) in [5.74, 6) is 0.114. The van der Waals surface area contributed by atoms with Gasteiger partial charge in [0.1, 0.15) is 12.7 Å². The summed E-state index contributed by atoms with van der Waals surface area (Å²) in [6.07, 6.45) is 3.16. The summed E-state index contributed by atoms with van der Waals surface area (Å²) < 4.78 is 25.2. The summed E-state index contributed by atoms with van der Waals surface area (Å²) >= 11 is 0. The highest BCUT2D eigenvalue weighted by molar-refractivity contribution is 7.91. The van der Waals surface area contributed by atoms with Crippen LogP contribution in [-0.2, 0) is 16.4 Å². The molecule has 1 aromatic heterocycles. The molecule has 0 spiro atoms. The van der Waals surface area contributed by atoms with Crippen LogP contribution in [0.2, 0.25) is 0 Å². The molecule has 0 aliphatic carbocycles. The Kier molecular flexibility index (Phi) is 4.39. The van der Waals surface area contributed by atoms with E-state index in [-0.39, 0.29) is 11.8 Å². The fourth-order valence-corrected chi connectivity index (χ4v) is 2.75. The third kappa shape index (κ3) is 3.57. The number of aromatic nitrogens is 3. The quantitative estimate of drug-likeness (QED) is 0.875. The first-order chi connectivity index (χ1) is 9.51. The molecule has 7 heteroatoms. The van der Waals surface area contributed by atoms with E-state index in [1.165, 1.54) is 6.33 Å². The standard InChI is InChI=1S/C13H18N4O2S/c1-3-20(18,19)13-6-4-12(5-7-13)16-11(2)8-17-10-14-9-15-17/h4-7,9-11,16H,3,8H2,1-2H3/t11-/m1/s1. The van der Waals surface area contributed by atoms with Crippen molar-refractivity contribution >= 4 is 15.5 Å². The van der Waals surface area contributed by atoms with Crippen LogP contribution < -0.4 is 5.32 Å². The first-order valence-corrected chi connectivity index (χ1v) is 8.08. The Labute approximate surface area is 118 Å². The number of hydrogen-bond acceptors (Lipinski definition) is 5. The van der Waals surface area contributed by atoms with Crippen molar-refractivity contribution in [2.45, 2.75) is 31.3 Å². The van der Waals surface area contributed by atoms with E-state index >= 15 is 0 Å². The molecular weight excluding hydrogens is 276 g/mol. The molecule has 20 heavy (non-hydrogen) atoms. The summed E-state index contributed by atoms with van der Waals surface area (Å²) in [6.45, 7) is 4.36. The number of nitrogens with one attached hydrogen (secondary N) is 1. The van der Waals surface area contributed by atoms with Crippen LogP contribution in [0, 0.1) is 0 Å². The molecule has 1 N–H and O–H groups in total. The highest BCUT2D eigenvalue weighted by atomic mass is 32.2. The van der Waals surface area contributed by atoms with Gasteiger partial charge in [-0.25, -0.2) is 13.4 Å². The van der Waals surface area contributed by atoms with Gasteiger partial charge < -0.3 is 5.32 Å². The highest BCUT2D eigenvalue weighted by Gasteiger charge is 2.11.